The lowest BCUT2D eigenvalue weighted by Crippen LogP contribution is -2.28. The largest absolute Gasteiger partial charge is 0.487 e. The summed E-state index contributed by atoms with van der Waals surface area (Å²) in [5.41, 5.74) is 1.02. The van der Waals surface area contributed by atoms with Gasteiger partial charge in [0.05, 0.1) is 17.7 Å². The third kappa shape index (κ3) is 5.59. The Morgan fingerprint density at radius 2 is 2.22 bits per heavy atom. The number of carbonyl (C=O) groups excluding carboxylic acids is 1. The maximum absolute atomic E-state index is 11.7. The van der Waals surface area contributed by atoms with Crippen molar-refractivity contribution < 1.29 is 14.5 Å². The topological polar surface area (TPSA) is 172 Å². The van der Waals surface area contributed by atoms with Crippen LogP contribution in [0, 0.1) is 10.1 Å². The Hall–Kier alpha value is -3.83. The van der Waals surface area contributed by atoms with Crippen molar-refractivity contribution in [1.82, 2.24) is 20.6 Å². The molecule has 1 aromatic carbocycles. The maximum atomic E-state index is 11.7. The number of ether oxygens (including phenoxy) is 1. The average molecular weight is 376 g/mol. The third-order valence-corrected chi connectivity index (χ3v) is 3.25. The molecule has 0 aliphatic heterocycles. The van der Waals surface area contributed by atoms with E-state index in [0.717, 1.165) is 0 Å². The van der Waals surface area contributed by atoms with Crippen LogP contribution in [0.3, 0.4) is 0 Å². The molecule has 27 heavy (non-hydrogen) atoms. The van der Waals surface area contributed by atoms with Crippen molar-refractivity contribution in [2.45, 2.75) is 19.8 Å². The molecule has 0 aliphatic rings. The molecule has 1 aromatic heterocycles. The van der Waals surface area contributed by atoms with Gasteiger partial charge in [0, 0.05) is 24.5 Å². The summed E-state index contributed by atoms with van der Waals surface area (Å²) in [6.07, 6.45) is 1.15. The minimum Gasteiger partial charge on any atom is -0.487 e. The Kier molecular flexibility index (Phi) is 6.52. The number of aromatic nitrogens is 3. The van der Waals surface area contributed by atoms with Gasteiger partial charge >= 0.3 is 11.4 Å². The second-order valence-corrected chi connectivity index (χ2v) is 5.16. The lowest BCUT2D eigenvalue weighted by molar-refractivity contribution is -0.385. The molecule has 0 unspecified atom stereocenters. The Morgan fingerprint density at radius 1 is 1.44 bits per heavy atom. The van der Waals surface area contributed by atoms with Crippen LogP contribution < -0.4 is 21.4 Å². The van der Waals surface area contributed by atoms with E-state index in [9.17, 15) is 24.5 Å². The number of nitrogens with zero attached hydrogens (tertiary/aromatic N) is 3. The number of H-pyrrole nitrogens is 2. The molecule has 2 aromatic rings. The lowest BCUT2D eigenvalue weighted by atomic mass is 10.2. The highest BCUT2D eigenvalue weighted by Gasteiger charge is 2.15. The zero-order chi connectivity index (χ0) is 19.8. The minimum absolute atomic E-state index is 0.00198. The molecule has 0 fully saturated rings. The van der Waals surface area contributed by atoms with Crippen molar-refractivity contribution in [1.29, 1.82) is 0 Å². The van der Waals surface area contributed by atoms with E-state index in [-0.39, 0.29) is 36.6 Å². The Balaban J connectivity index is 1.95. The van der Waals surface area contributed by atoms with Gasteiger partial charge in [0.25, 0.3) is 5.56 Å². The molecule has 0 saturated heterocycles. The van der Waals surface area contributed by atoms with E-state index < -0.39 is 22.1 Å². The SMILES string of the molecule is CCOc1ccc(/C=N/NC(=O)CCc2n[nH]c(=O)[nH]c2=O)cc1[N+](=O)[O-]. The van der Waals surface area contributed by atoms with Crippen molar-refractivity contribution in [3.63, 3.8) is 0 Å². The summed E-state index contributed by atoms with van der Waals surface area (Å²) in [5.74, 6) is -0.360. The van der Waals surface area contributed by atoms with Gasteiger partial charge in [-0.25, -0.2) is 15.3 Å². The van der Waals surface area contributed by atoms with E-state index in [2.05, 4.69) is 20.7 Å². The number of aromatic amines is 2. The first-order valence-corrected chi connectivity index (χ1v) is 7.81. The van der Waals surface area contributed by atoms with E-state index in [1.54, 1.807) is 13.0 Å². The zero-order valence-corrected chi connectivity index (χ0v) is 14.2. The number of rotatable bonds is 8. The quantitative estimate of drug-likeness (QED) is 0.326. The van der Waals surface area contributed by atoms with Gasteiger partial charge in [0.2, 0.25) is 5.91 Å². The number of benzene rings is 1. The number of amides is 1. The van der Waals surface area contributed by atoms with Gasteiger partial charge in [0.1, 0.15) is 5.69 Å². The van der Waals surface area contributed by atoms with Crippen LogP contribution in [0.1, 0.15) is 24.6 Å². The Bertz CT molecular complexity index is 979. The molecule has 3 N–H and O–H groups in total. The first kappa shape index (κ1) is 19.5. The van der Waals surface area contributed by atoms with Crippen LogP contribution in [0.4, 0.5) is 5.69 Å². The van der Waals surface area contributed by atoms with Crippen LogP contribution in [-0.4, -0.2) is 38.8 Å². The van der Waals surface area contributed by atoms with E-state index >= 15 is 0 Å². The van der Waals surface area contributed by atoms with E-state index in [4.69, 9.17) is 4.74 Å². The second kappa shape index (κ2) is 9.03. The van der Waals surface area contributed by atoms with Crippen LogP contribution in [0.5, 0.6) is 5.75 Å². The molecule has 0 radical (unpaired) electrons. The van der Waals surface area contributed by atoms with Crippen LogP contribution in [0.2, 0.25) is 0 Å². The fourth-order valence-corrected chi connectivity index (χ4v) is 2.04. The van der Waals surface area contributed by atoms with Gasteiger partial charge in [-0.3, -0.25) is 24.7 Å². The van der Waals surface area contributed by atoms with Crippen molar-refractivity contribution in [3.05, 3.63) is 60.4 Å². The Labute approximate surface area is 151 Å². The summed E-state index contributed by atoms with van der Waals surface area (Å²) in [7, 11) is 0. The average Bonchev–Trinajstić information content (AvgIpc) is 2.62. The van der Waals surface area contributed by atoms with E-state index in [1.165, 1.54) is 18.3 Å². The standard InChI is InChI=1S/C15H16N6O6/c1-2-27-12-5-3-9(7-11(12)21(25)26)8-16-19-13(22)6-4-10-14(23)17-15(24)20-18-10/h3,5,7-8H,2,4,6H2,1H3,(H,19,22)(H2,17,20,23,24)/b16-8+. The second-order valence-electron chi connectivity index (χ2n) is 5.16. The first-order chi connectivity index (χ1) is 12.9. The molecule has 1 heterocycles. The summed E-state index contributed by atoms with van der Waals surface area (Å²) < 4.78 is 5.17. The normalized spacial score (nSPS) is 10.7. The smallest absolute Gasteiger partial charge is 0.342 e. The number of nitro groups is 1. The molecular weight excluding hydrogens is 360 g/mol. The molecular formula is C15H16N6O6. The molecule has 2 rings (SSSR count). The molecule has 12 nitrogen and oxygen atoms in total. The van der Waals surface area contributed by atoms with Gasteiger partial charge < -0.3 is 4.74 Å². The summed E-state index contributed by atoms with van der Waals surface area (Å²) in [6.45, 7) is 2.00. The molecule has 0 spiro atoms. The number of nitro benzene ring substituents is 1. The number of hydrogen-bond acceptors (Lipinski definition) is 8. The predicted octanol–water partition coefficient (Wildman–Crippen LogP) is -0.152. The van der Waals surface area contributed by atoms with Crippen LogP contribution >= 0.6 is 0 Å². The number of nitrogens with one attached hydrogen (secondary N) is 3. The first-order valence-electron chi connectivity index (χ1n) is 7.81. The fraction of sp³-hybridized carbons (Fsp3) is 0.267. The number of carbonyl (C=O) groups is 1. The molecule has 0 bridgehead atoms. The molecule has 142 valence electrons. The summed E-state index contributed by atoms with van der Waals surface area (Å²) in [5, 5.41) is 20.4. The zero-order valence-electron chi connectivity index (χ0n) is 14.2. The summed E-state index contributed by atoms with van der Waals surface area (Å²) in [4.78, 5) is 46.5. The Morgan fingerprint density at radius 3 is 2.89 bits per heavy atom. The monoisotopic (exact) mass is 376 g/mol. The number of hydrazone groups is 1. The van der Waals surface area contributed by atoms with Crippen molar-refractivity contribution in [2.75, 3.05) is 6.61 Å². The van der Waals surface area contributed by atoms with Gasteiger partial charge in [-0.05, 0) is 19.1 Å². The highest BCUT2D eigenvalue weighted by Crippen LogP contribution is 2.27. The molecule has 12 heteroatoms. The molecule has 0 saturated carbocycles. The third-order valence-electron chi connectivity index (χ3n) is 3.25. The highest BCUT2D eigenvalue weighted by molar-refractivity contribution is 5.83. The maximum Gasteiger partial charge on any atom is 0.342 e. The highest BCUT2D eigenvalue weighted by atomic mass is 16.6. The van der Waals surface area contributed by atoms with Crippen LogP contribution in [0.25, 0.3) is 0 Å². The number of hydrogen-bond donors (Lipinski definition) is 3. The number of aryl methyl sites for hydroxylation is 1. The van der Waals surface area contributed by atoms with E-state index in [1.807, 2.05) is 4.98 Å². The summed E-state index contributed by atoms with van der Waals surface area (Å²) >= 11 is 0. The van der Waals surface area contributed by atoms with Crippen LogP contribution in [-0.2, 0) is 11.2 Å². The molecule has 0 atom stereocenters. The van der Waals surface area contributed by atoms with Crippen LogP contribution in [0.15, 0.2) is 32.9 Å². The lowest BCUT2D eigenvalue weighted by Gasteiger charge is -2.04. The van der Waals surface area contributed by atoms with Gasteiger partial charge in [-0.1, -0.05) is 0 Å². The van der Waals surface area contributed by atoms with Gasteiger partial charge in [0.15, 0.2) is 5.75 Å². The molecule has 1 amide bonds. The van der Waals surface area contributed by atoms with Crippen molar-refractivity contribution in [3.8, 4) is 5.75 Å². The van der Waals surface area contributed by atoms with E-state index in [0.29, 0.717) is 5.56 Å². The summed E-state index contributed by atoms with van der Waals surface area (Å²) in [6, 6.07) is 4.26. The van der Waals surface area contributed by atoms with Gasteiger partial charge in [-0.15, -0.1) is 0 Å². The van der Waals surface area contributed by atoms with Crippen molar-refractivity contribution in [2.24, 2.45) is 5.10 Å². The predicted molar refractivity (Wildman–Crippen MR) is 93.8 cm³/mol. The fourth-order valence-electron chi connectivity index (χ4n) is 2.04. The molecule has 0 aliphatic carbocycles. The minimum atomic E-state index is -0.734. The van der Waals surface area contributed by atoms with Gasteiger partial charge in [-0.2, -0.15) is 10.2 Å². The van der Waals surface area contributed by atoms with Crippen molar-refractivity contribution >= 4 is 17.8 Å².